The summed E-state index contributed by atoms with van der Waals surface area (Å²) in [6, 6.07) is 0. The van der Waals surface area contributed by atoms with E-state index in [1.165, 1.54) is 0 Å². The maximum absolute atomic E-state index is 11.0. The van der Waals surface area contributed by atoms with Crippen molar-refractivity contribution in [1.82, 2.24) is 0 Å². The number of rotatable bonds is 2. The highest BCUT2D eigenvalue weighted by Gasteiger charge is 2.51. The van der Waals surface area contributed by atoms with Crippen molar-refractivity contribution in [2.24, 2.45) is 23.7 Å². The molecule has 0 aromatic rings. The Morgan fingerprint density at radius 1 is 1.07 bits per heavy atom. The summed E-state index contributed by atoms with van der Waals surface area (Å²) in [6.45, 7) is 0. The normalized spacial score (nSPS) is 40.9. The number of carbonyl (C=O) groups is 2. The molecule has 4 atom stereocenters. The Kier molecular flexibility index (Phi) is 2.21. The van der Waals surface area contributed by atoms with Gasteiger partial charge in [0.2, 0.25) is 0 Å². The van der Waals surface area contributed by atoms with E-state index in [-0.39, 0.29) is 5.92 Å². The van der Waals surface area contributed by atoms with Gasteiger partial charge in [-0.1, -0.05) is 12.8 Å². The van der Waals surface area contributed by atoms with Gasteiger partial charge in [0.05, 0.1) is 11.8 Å². The van der Waals surface area contributed by atoms with Gasteiger partial charge in [-0.3, -0.25) is 9.59 Å². The highest BCUT2D eigenvalue weighted by atomic mass is 16.4. The zero-order chi connectivity index (χ0) is 10.3. The molecule has 0 spiro atoms. The van der Waals surface area contributed by atoms with Gasteiger partial charge in [0, 0.05) is 0 Å². The standard InChI is InChI=1S/C10H14O4/c11-9(12)7-4-5-2-1-3-6(5)8(7)10(13)14/h5-8H,1-4H2,(H,11,12)(H,13,14). The lowest BCUT2D eigenvalue weighted by molar-refractivity contribution is -0.153. The van der Waals surface area contributed by atoms with Crippen molar-refractivity contribution in [3.63, 3.8) is 0 Å². The summed E-state index contributed by atoms with van der Waals surface area (Å²) in [6.07, 6.45) is 3.53. The molecule has 0 bridgehead atoms. The summed E-state index contributed by atoms with van der Waals surface area (Å²) in [5, 5.41) is 17.9. The highest BCUT2D eigenvalue weighted by molar-refractivity contribution is 5.81. The van der Waals surface area contributed by atoms with Crippen LogP contribution >= 0.6 is 0 Å². The molecule has 0 amide bonds. The summed E-state index contributed by atoms with van der Waals surface area (Å²) in [4.78, 5) is 21.9. The molecule has 0 aromatic heterocycles. The second-order valence-electron chi connectivity index (χ2n) is 4.40. The molecular formula is C10H14O4. The minimum Gasteiger partial charge on any atom is -0.481 e. The van der Waals surface area contributed by atoms with Crippen LogP contribution in [0.1, 0.15) is 25.7 Å². The SMILES string of the molecule is O=C(O)C1CC2CCCC2C1C(=O)O. The van der Waals surface area contributed by atoms with Crippen LogP contribution in [-0.2, 0) is 9.59 Å². The van der Waals surface area contributed by atoms with Gasteiger partial charge in [0.25, 0.3) is 0 Å². The van der Waals surface area contributed by atoms with Crippen LogP contribution in [0.15, 0.2) is 0 Å². The Bertz CT molecular complexity index is 273. The van der Waals surface area contributed by atoms with Crippen LogP contribution in [0.25, 0.3) is 0 Å². The van der Waals surface area contributed by atoms with Gasteiger partial charge in [-0.15, -0.1) is 0 Å². The van der Waals surface area contributed by atoms with Gasteiger partial charge in [-0.25, -0.2) is 0 Å². The first-order chi connectivity index (χ1) is 6.61. The molecule has 0 heterocycles. The fourth-order valence-corrected chi connectivity index (χ4v) is 3.21. The number of aliphatic carboxylic acids is 2. The Hall–Kier alpha value is -1.06. The summed E-state index contributed by atoms with van der Waals surface area (Å²) in [5.41, 5.74) is 0. The van der Waals surface area contributed by atoms with E-state index in [1.807, 2.05) is 0 Å². The van der Waals surface area contributed by atoms with E-state index in [4.69, 9.17) is 10.2 Å². The van der Waals surface area contributed by atoms with Crippen LogP contribution in [0.2, 0.25) is 0 Å². The van der Waals surface area contributed by atoms with Crippen molar-refractivity contribution in [1.29, 1.82) is 0 Å². The number of hydrogen-bond acceptors (Lipinski definition) is 2. The van der Waals surface area contributed by atoms with E-state index in [0.717, 1.165) is 19.3 Å². The largest absolute Gasteiger partial charge is 0.481 e. The van der Waals surface area contributed by atoms with Crippen LogP contribution in [-0.4, -0.2) is 22.2 Å². The smallest absolute Gasteiger partial charge is 0.307 e. The number of carboxylic acid groups (broad SMARTS) is 2. The molecule has 2 aliphatic carbocycles. The van der Waals surface area contributed by atoms with Gasteiger partial charge in [0.1, 0.15) is 0 Å². The Labute approximate surface area is 81.9 Å². The molecule has 2 rings (SSSR count). The third-order valence-electron chi connectivity index (χ3n) is 3.77. The molecule has 2 N–H and O–H groups in total. The fourth-order valence-electron chi connectivity index (χ4n) is 3.21. The first kappa shape index (κ1) is 9.49. The van der Waals surface area contributed by atoms with Crippen LogP contribution in [0.3, 0.4) is 0 Å². The molecule has 0 radical (unpaired) electrons. The van der Waals surface area contributed by atoms with Crippen molar-refractivity contribution in [3.8, 4) is 0 Å². The van der Waals surface area contributed by atoms with Gasteiger partial charge in [-0.05, 0) is 24.7 Å². The number of hydrogen-bond donors (Lipinski definition) is 2. The molecule has 0 saturated heterocycles. The van der Waals surface area contributed by atoms with E-state index >= 15 is 0 Å². The first-order valence-electron chi connectivity index (χ1n) is 5.07. The van der Waals surface area contributed by atoms with Gasteiger partial charge < -0.3 is 10.2 Å². The highest BCUT2D eigenvalue weighted by Crippen LogP contribution is 2.50. The topological polar surface area (TPSA) is 74.6 Å². The van der Waals surface area contributed by atoms with E-state index in [2.05, 4.69) is 0 Å². The molecule has 0 aliphatic heterocycles. The average molecular weight is 198 g/mol. The van der Waals surface area contributed by atoms with E-state index in [1.54, 1.807) is 0 Å². The van der Waals surface area contributed by atoms with Gasteiger partial charge >= 0.3 is 11.9 Å². The monoisotopic (exact) mass is 198 g/mol. The Morgan fingerprint density at radius 2 is 1.79 bits per heavy atom. The van der Waals surface area contributed by atoms with E-state index < -0.39 is 23.8 Å². The van der Waals surface area contributed by atoms with Crippen LogP contribution in [0.4, 0.5) is 0 Å². The molecule has 78 valence electrons. The molecule has 2 saturated carbocycles. The van der Waals surface area contributed by atoms with Crippen molar-refractivity contribution < 1.29 is 19.8 Å². The van der Waals surface area contributed by atoms with Crippen LogP contribution < -0.4 is 0 Å². The average Bonchev–Trinajstić information content (AvgIpc) is 2.58. The maximum atomic E-state index is 11.0. The second kappa shape index (κ2) is 3.26. The Morgan fingerprint density at radius 3 is 2.36 bits per heavy atom. The third kappa shape index (κ3) is 1.29. The zero-order valence-electron chi connectivity index (χ0n) is 7.85. The Balaban J connectivity index is 2.21. The predicted octanol–water partition coefficient (Wildman–Crippen LogP) is 1.21. The lowest BCUT2D eigenvalue weighted by atomic mass is 9.88. The van der Waals surface area contributed by atoms with Crippen molar-refractivity contribution >= 4 is 11.9 Å². The van der Waals surface area contributed by atoms with Crippen molar-refractivity contribution in [2.75, 3.05) is 0 Å². The van der Waals surface area contributed by atoms with Crippen molar-refractivity contribution in [2.45, 2.75) is 25.7 Å². The molecule has 14 heavy (non-hydrogen) atoms. The minimum atomic E-state index is -0.938. The molecule has 2 aliphatic rings. The second-order valence-corrected chi connectivity index (χ2v) is 4.40. The van der Waals surface area contributed by atoms with Gasteiger partial charge in [0.15, 0.2) is 0 Å². The maximum Gasteiger partial charge on any atom is 0.307 e. The quantitative estimate of drug-likeness (QED) is 0.699. The summed E-state index contributed by atoms with van der Waals surface area (Å²) in [7, 11) is 0. The van der Waals surface area contributed by atoms with Crippen LogP contribution in [0, 0.1) is 23.7 Å². The van der Waals surface area contributed by atoms with Crippen molar-refractivity contribution in [3.05, 3.63) is 0 Å². The minimum absolute atomic E-state index is 0.119. The van der Waals surface area contributed by atoms with E-state index in [9.17, 15) is 9.59 Å². The molecular weight excluding hydrogens is 184 g/mol. The summed E-state index contributed by atoms with van der Waals surface area (Å²) in [5.74, 6) is -2.69. The number of carboxylic acids is 2. The number of fused-ring (bicyclic) bond motifs is 1. The third-order valence-corrected chi connectivity index (χ3v) is 3.77. The van der Waals surface area contributed by atoms with E-state index in [0.29, 0.717) is 12.3 Å². The fraction of sp³-hybridized carbons (Fsp3) is 0.800. The molecule has 4 heteroatoms. The summed E-state index contributed by atoms with van der Waals surface area (Å²) < 4.78 is 0. The molecule has 4 unspecified atom stereocenters. The van der Waals surface area contributed by atoms with Gasteiger partial charge in [-0.2, -0.15) is 0 Å². The zero-order valence-corrected chi connectivity index (χ0v) is 7.85. The predicted molar refractivity (Wildman–Crippen MR) is 47.7 cm³/mol. The first-order valence-corrected chi connectivity index (χ1v) is 5.07. The molecule has 2 fully saturated rings. The lowest BCUT2D eigenvalue weighted by Gasteiger charge is -2.16. The van der Waals surface area contributed by atoms with Crippen LogP contribution in [0.5, 0.6) is 0 Å². The summed E-state index contributed by atoms with van der Waals surface area (Å²) >= 11 is 0. The molecule has 4 nitrogen and oxygen atoms in total. The lowest BCUT2D eigenvalue weighted by Crippen LogP contribution is -2.29. The molecule has 0 aromatic carbocycles.